The molecule has 1 aliphatic rings. The van der Waals surface area contributed by atoms with Gasteiger partial charge in [0.2, 0.25) is 0 Å². The van der Waals surface area contributed by atoms with Gasteiger partial charge < -0.3 is 10.1 Å². The largest absolute Gasteiger partial charge is 0.462 e. The van der Waals surface area contributed by atoms with Crippen molar-refractivity contribution in [2.45, 2.75) is 38.7 Å². The highest BCUT2D eigenvalue weighted by atomic mass is 16.5. The van der Waals surface area contributed by atoms with E-state index >= 15 is 0 Å². The number of hydrogen-bond donors (Lipinski definition) is 1. The summed E-state index contributed by atoms with van der Waals surface area (Å²) in [5.41, 5.74) is 2.11. The van der Waals surface area contributed by atoms with E-state index in [-0.39, 0.29) is 18.0 Å². The van der Waals surface area contributed by atoms with Crippen LogP contribution in [0.15, 0.2) is 24.3 Å². The zero-order valence-corrected chi connectivity index (χ0v) is 10.4. The summed E-state index contributed by atoms with van der Waals surface area (Å²) in [7, 11) is 0. The molecule has 2 rings (SSSR count). The number of esters is 1. The van der Waals surface area contributed by atoms with Gasteiger partial charge in [-0.3, -0.25) is 4.79 Å². The van der Waals surface area contributed by atoms with Crippen LogP contribution in [-0.4, -0.2) is 18.6 Å². The Kier molecular flexibility index (Phi) is 3.67. The summed E-state index contributed by atoms with van der Waals surface area (Å²) in [5, 5.41) is 3.24. The first kappa shape index (κ1) is 12.0. The average molecular weight is 233 g/mol. The Morgan fingerprint density at radius 1 is 1.53 bits per heavy atom. The second-order valence-electron chi connectivity index (χ2n) is 4.56. The molecule has 0 aliphatic carbocycles. The Labute approximate surface area is 102 Å². The molecule has 0 bridgehead atoms. The number of benzene rings is 1. The first-order chi connectivity index (χ1) is 8.22. The van der Waals surface area contributed by atoms with E-state index in [1.807, 2.05) is 31.2 Å². The van der Waals surface area contributed by atoms with Crippen LogP contribution in [0, 0.1) is 0 Å². The van der Waals surface area contributed by atoms with Crippen molar-refractivity contribution in [1.82, 2.24) is 0 Å². The minimum Gasteiger partial charge on any atom is -0.462 e. The summed E-state index contributed by atoms with van der Waals surface area (Å²) in [6, 6.07) is 7.92. The normalized spacial score (nSPS) is 19.3. The number of fused-ring (bicyclic) bond motifs is 1. The molecule has 0 amide bonds. The van der Waals surface area contributed by atoms with Crippen LogP contribution < -0.4 is 5.32 Å². The van der Waals surface area contributed by atoms with Crippen molar-refractivity contribution in [3.05, 3.63) is 29.8 Å². The van der Waals surface area contributed by atoms with Gasteiger partial charge >= 0.3 is 5.97 Å². The molecule has 2 atom stereocenters. The van der Waals surface area contributed by atoms with Gasteiger partial charge in [-0.1, -0.05) is 31.5 Å². The van der Waals surface area contributed by atoms with Crippen LogP contribution in [0.1, 0.15) is 38.2 Å². The molecule has 1 N–H and O–H groups in total. The van der Waals surface area contributed by atoms with E-state index < -0.39 is 0 Å². The van der Waals surface area contributed by atoms with Crippen LogP contribution in [0.4, 0.5) is 5.69 Å². The number of rotatable bonds is 4. The predicted octanol–water partition coefficient (Wildman–Crippen LogP) is 2.93. The molecule has 0 aromatic heterocycles. The number of ether oxygens (including phenoxy) is 1. The lowest BCUT2D eigenvalue weighted by Crippen LogP contribution is -2.22. The molecule has 0 spiro atoms. The van der Waals surface area contributed by atoms with Crippen molar-refractivity contribution < 1.29 is 9.53 Å². The number of hydrogen-bond acceptors (Lipinski definition) is 3. The van der Waals surface area contributed by atoms with E-state index in [2.05, 4.69) is 12.2 Å². The van der Waals surface area contributed by atoms with E-state index in [0.29, 0.717) is 6.54 Å². The third kappa shape index (κ3) is 2.60. The van der Waals surface area contributed by atoms with E-state index in [4.69, 9.17) is 4.74 Å². The summed E-state index contributed by atoms with van der Waals surface area (Å²) in [6.45, 7) is 4.70. The SMILES string of the molecule is CCCC(C)OC(=O)C1CNc2ccccc21. The van der Waals surface area contributed by atoms with Crippen molar-refractivity contribution in [3.63, 3.8) is 0 Å². The average Bonchev–Trinajstić information content (AvgIpc) is 2.72. The third-order valence-corrected chi connectivity index (χ3v) is 3.13. The number of para-hydroxylation sites is 1. The summed E-state index contributed by atoms with van der Waals surface area (Å²) in [5.74, 6) is -0.256. The molecule has 3 heteroatoms. The number of nitrogens with one attached hydrogen (secondary N) is 1. The molecular formula is C14H19NO2. The van der Waals surface area contributed by atoms with Crippen LogP contribution in [0.5, 0.6) is 0 Å². The second-order valence-corrected chi connectivity index (χ2v) is 4.56. The molecule has 2 unspecified atom stereocenters. The first-order valence-corrected chi connectivity index (χ1v) is 6.25. The number of carbonyl (C=O) groups is 1. The van der Waals surface area contributed by atoms with E-state index in [1.54, 1.807) is 0 Å². The quantitative estimate of drug-likeness (QED) is 0.813. The highest BCUT2D eigenvalue weighted by Gasteiger charge is 2.30. The Morgan fingerprint density at radius 3 is 3.06 bits per heavy atom. The van der Waals surface area contributed by atoms with Gasteiger partial charge in [0.25, 0.3) is 0 Å². The Morgan fingerprint density at radius 2 is 2.29 bits per heavy atom. The maximum absolute atomic E-state index is 12.0. The fraction of sp³-hybridized carbons (Fsp3) is 0.500. The molecule has 1 heterocycles. The molecule has 0 fully saturated rings. The smallest absolute Gasteiger partial charge is 0.315 e. The predicted molar refractivity (Wildman–Crippen MR) is 68.1 cm³/mol. The number of carbonyl (C=O) groups excluding carboxylic acids is 1. The van der Waals surface area contributed by atoms with Crippen molar-refractivity contribution in [2.75, 3.05) is 11.9 Å². The molecule has 0 saturated heterocycles. The van der Waals surface area contributed by atoms with Crippen LogP contribution in [0.25, 0.3) is 0 Å². The highest BCUT2D eigenvalue weighted by molar-refractivity contribution is 5.83. The van der Waals surface area contributed by atoms with E-state index in [0.717, 1.165) is 24.1 Å². The third-order valence-electron chi connectivity index (χ3n) is 3.13. The molecular weight excluding hydrogens is 214 g/mol. The van der Waals surface area contributed by atoms with Crippen molar-refractivity contribution in [3.8, 4) is 0 Å². The van der Waals surface area contributed by atoms with Crippen molar-refractivity contribution in [2.24, 2.45) is 0 Å². The second kappa shape index (κ2) is 5.21. The molecule has 3 nitrogen and oxygen atoms in total. The van der Waals surface area contributed by atoms with Gasteiger partial charge in [0.1, 0.15) is 5.92 Å². The summed E-state index contributed by atoms with van der Waals surface area (Å²) >= 11 is 0. The van der Waals surface area contributed by atoms with Crippen LogP contribution in [-0.2, 0) is 9.53 Å². The molecule has 17 heavy (non-hydrogen) atoms. The Balaban J connectivity index is 2.02. The summed E-state index contributed by atoms with van der Waals surface area (Å²) in [6.07, 6.45) is 1.97. The molecule has 1 aromatic rings. The fourth-order valence-electron chi connectivity index (χ4n) is 2.24. The number of anilines is 1. The van der Waals surface area contributed by atoms with Crippen LogP contribution in [0.3, 0.4) is 0 Å². The van der Waals surface area contributed by atoms with Crippen LogP contribution >= 0.6 is 0 Å². The minimum atomic E-state index is -0.148. The minimum absolute atomic E-state index is 0.0141. The summed E-state index contributed by atoms with van der Waals surface area (Å²) < 4.78 is 5.45. The molecule has 92 valence electrons. The van der Waals surface area contributed by atoms with Gasteiger partial charge in [-0.15, -0.1) is 0 Å². The fourth-order valence-corrected chi connectivity index (χ4v) is 2.24. The van der Waals surface area contributed by atoms with Crippen LogP contribution in [0.2, 0.25) is 0 Å². The molecule has 0 saturated carbocycles. The van der Waals surface area contributed by atoms with Gasteiger partial charge in [0, 0.05) is 12.2 Å². The van der Waals surface area contributed by atoms with Crippen molar-refractivity contribution >= 4 is 11.7 Å². The van der Waals surface area contributed by atoms with E-state index in [9.17, 15) is 4.79 Å². The molecule has 1 aliphatic heterocycles. The van der Waals surface area contributed by atoms with Crippen molar-refractivity contribution in [1.29, 1.82) is 0 Å². The Hall–Kier alpha value is -1.51. The lowest BCUT2D eigenvalue weighted by Gasteiger charge is -2.15. The molecule has 1 aromatic carbocycles. The van der Waals surface area contributed by atoms with Gasteiger partial charge in [-0.05, 0) is 25.0 Å². The summed E-state index contributed by atoms with van der Waals surface area (Å²) in [4.78, 5) is 12.0. The maximum atomic E-state index is 12.0. The highest BCUT2D eigenvalue weighted by Crippen LogP contribution is 2.32. The monoisotopic (exact) mass is 233 g/mol. The van der Waals surface area contributed by atoms with Gasteiger partial charge in [-0.25, -0.2) is 0 Å². The first-order valence-electron chi connectivity index (χ1n) is 6.25. The zero-order chi connectivity index (χ0) is 12.3. The lowest BCUT2D eigenvalue weighted by molar-refractivity contribution is -0.149. The lowest BCUT2D eigenvalue weighted by atomic mass is 10.0. The topological polar surface area (TPSA) is 38.3 Å². The van der Waals surface area contributed by atoms with Gasteiger partial charge in [0.05, 0.1) is 6.10 Å². The van der Waals surface area contributed by atoms with E-state index in [1.165, 1.54) is 0 Å². The zero-order valence-electron chi connectivity index (χ0n) is 10.4. The standard InChI is InChI=1S/C14H19NO2/c1-3-6-10(2)17-14(16)12-9-15-13-8-5-4-7-11(12)13/h4-5,7-8,10,12,15H,3,6,9H2,1-2H3. The molecule has 0 radical (unpaired) electrons. The Bertz CT molecular complexity index is 403. The van der Waals surface area contributed by atoms with Gasteiger partial charge in [0.15, 0.2) is 0 Å². The maximum Gasteiger partial charge on any atom is 0.315 e. The van der Waals surface area contributed by atoms with Gasteiger partial charge in [-0.2, -0.15) is 0 Å².